The molecule has 2 aliphatic heterocycles. The fourth-order valence-corrected chi connectivity index (χ4v) is 5.83. The van der Waals surface area contributed by atoms with E-state index in [1.54, 1.807) is 6.08 Å². The van der Waals surface area contributed by atoms with Crippen molar-refractivity contribution >= 4 is 52.8 Å². The van der Waals surface area contributed by atoms with E-state index in [-0.39, 0.29) is 28.8 Å². The molecular weight excluding hydrogens is 512 g/mol. The third-order valence-corrected chi connectivity index (χ3v) is 7.38. The first-order chi connectivity index (χ1) is 17.3. The first kappa shape index (κ1) is 25.1. The Hall–Kier alpha value is -3.99. The minimum Gasteiger partial charge on any atom is -0.477 e. The molecule has 0 aliphatic carbocycles. The van der Waals surface area contributed by atoms with Gasteiger partial charge in [0.25, 0.3) is 11.8 Å². The number of rotatable bonds is 10. The Labute approximate surface area is 212 Å². The SMILES string of the molecule is C=CCn1nnnc1SCC1=C(C(=O)O)N2C(=O)C(NC(=O)/C(=N\OC)c3nccc(N)n3)[C@H]2SC1. The molecule has 1 saturated heterocycles. The average Bonchev–Trinajstić information content (AvgIpc) is 3.30. The number of oxime groups is 1. The van der Waals surface area contributed by atoms with Crippen molar-refractivity contribution in [2.24, 2.45) is 5.16 Å². The number of hydrogen-bond acceptors (Lipinski definition) is 13. The number of hydrogen-bond donors (Lipinski definition) is 3. The van der Waals surface area contributed by atoms with Crippen molar-refractivity contribution in [3.63, 3.8) is 0 Å². The van der Waals surface area contributed by atoms with Gasteiger partial charge in [-0.05, 0) is 22.1 Å². The number of nitrogens with one attached hydrogen (secondary N) is 1. The molecule has 15 nitrogen and oxygen atoms in total. The number of nitrogen functional groups attached to an aromatic ring is 1. The summed E-state index contributed by atoms with van der Waals surface area (Å²) in [5.41, 5.74) is 5.80. The molecule has 2 aliphatic rings. The normalized spacial score (nSPS) is 19.4. The number of carboxylic acids is 1. The van der Waals surface area contributed by atoms with Gasteiger partial charge in [0.1, 0.15) is 30.0 Å². The Bertz CT molecular complexity index is 1280. The van der Waals surface area contributed by atoms with Crippen LogP contribution in [0.1, 0.15) is 5.82 Å². The fourth-order valence-electron chi connectivity index (χ4n) is 3.45. The molecule has 36 heavy (non-hydrogen) atoms. The molecule has 4 N–H and O–H groups in total. The highest BCUT2D eigenvalue weighted by Crippen LogP contribution is 2.41. The van der Waals surface area contributed by atoms with Gasteiger partial charge in [0.15, 0.2) is 5.82 Å². The van der Waals surface area contributed by atoms with Crippen LogP contribution in [0.15, 0.2) is 46.5 Å². The number of β-lactam (4-membered cyclic amide) rings is 1. The van der Waals surface area contributed by atoms with Crippen molar-refractivity contribution in [1.82, 2.24) is 40.4 Å². The van der Waals surface area contributed by atoms with E-state index in [4.69, 9.17) is 10.6 Å². The molecule has 0 spiro atoms. The highest BCUT2D eigenvalue weighted by molar-refractivity contribution is 8.01. The summed E-state index contributed by atoms with van der Waals surface area (Å²) in [4.78, 5) is 51.8. The maximum Gasteiger partial charge on any atom is 0.352 e. The molecule has 1 unspecified atom stereocenters. The number of thioether (sulfide) groups is 2. The quantitative estimate of drug-likeness (QED) is 0.112. The van der Waals surface area contributed by atoms with Crippen LogP contribution in [0.25, 0.3) is 0 Å². The van der Waals surface area contributed by atoms with Crippen LogP contribution < -0.4 is 11.1 Å². The number of aliphatic carboxylic acids is 1. The minimum atomic E-state index is -1.24. The van der Waals surface area contributed by atoms with Crippen LogP contribution in [0.4, 0.5) is 5.82 Å². The van der Waals surface area contributed by atoms with Crippen molar-refractivity contribution in [3.8, 4) is 0 Å². The topological polar surface area (TPSA) is 204 Å². The molecule has 1 fully saturated rings. The number of carbonyl (C=O) groups excluding carboxylic acids is 2. The zero-order chi connectivity index (χ0) is 25.8. The van der Waals surface area contributed by atoms with Crippen LogP contribution in [-0.4, -0.2) is 93.7 Å². The lowest BCUT2D eigenvalue weighted by Gasteiger charge is -2.49. The van der Waals surface area contributed by atoms with E-state index in [2.05, 4.69) is 42.5 Å². The summed E-state index contributed by atoms with van der Waals surface area (Å²) in [5.74, 6) is -1.95. The van der Waals surface area contributed by atoms with E-state index < -0.39 is 29.2 Å². The largest absolute Gasteiger partial charge is 0.477 e. The summed E-state index contributed by atoms with van der Waals surface area (Å²) in [7, 11) is 1.24. The van der Waals surface area contributed by atoms with Crippen molar-refractivity contribution < 1.29 is 24.3 Å². The first-order valence-corrected chi connectivity index (χ1v) is 12.3. The van der Waals surface area contributed by atoms with Gasteiger partial charge in [-0.25, -0.2) is 19.4 Å². The predicted molar refractivity (Wildman–Crippen MR) is 128 cm³/mol. The van der Waals surface area contributed by atoms with E-state index in [0.717, 1.165) is 0 Å². The number of amides is 2. The van der Waals surface area contributed by atoms with Gasteiger partial charge in [0, 0.05) is 17.7 Å². The first-order valence-electron chi connectivity index (χ1n) is 10.3. The van der Waals surface area contributed by atoms with Crippen LogP contribution in [0, 0.1) is 0 Å². The lowest BCUT2D eigenvalue weighted by atomic mass is 10.0. The van der Waals surface area contributed by atoms with Crippen LogP contribution in [0.3, 0.4) is 0 Å². The fraction of sp³-hybridized carbons (Fsp3) is 0.316. The van der Waals surface area contributed by atoms with Crippen molar-refractivity contribution in [1.29, 1.82) is 0 Å². The van der Waals surface area contributed by atoms with Crippen LogP contribution >= 0.6 is 23.5 Å². The predicted octanol–water partition coefficient (Wildman–Crippen LogP) is -0.887. The molecular formula is C19H20N10O5S2. The van der Waals surface area contributed by atoms with Crippen molar-refractivity contribution in [3.05, 3.63) is 42.0 Å². The third-order valence-electron chi connectivity index (χ3n) is 5.00. The summed E-state index contributed by atoms with van der Waals surface area (Å²) in [6.45, 7) is 4.05. The number of carboxylic acid groups (broad SMARTS) is 1. The van der Waals surface area contributed by atoms with Crippen molar-refractivity contribution in [2.45, 2.75) is 23.1 Å². The van der Waals surface area contributed by atoms with Crippen LogP contribution in [0.5, 0.6) is 0 Å². The standard InChI is InChI=1S/C19H20N10O5S2/c1-3-6-28-19(24-26-27-28)36-8-9-7-35-17-12(16(31)29(17)13(9)18(32)33)23-15(30)11(25-34-2)14-21-5-4-10(20)22-14/h3-5,12,17H,1,6-8H2,2H3,(H,23,30)(H,32,33)(H2,20,21,22)/b25-11-/t12?,17-/m1/s1. The summed E-state index contributed by atoms with van der Waals surface area (Å²) in [6.07, 6.45) is 2.99. The zero-order valence-corrected chi connectivity index (χ0v) is 20.4. The van der Waals surface area contributed by atoms with Gasteiger partial charge in [-0.3, -0.25) is 14.5 Å². The number of nitrogens with two attached hydrogens (primary N) is 1. The molecule has 0 bridgehead atoms. The third kappa shape index (κ3) is 4.87. The summed E-state index contributed by atoms with van der Waals surface area (Å²) in [5, 5.41) is 27.4. The average molecular weight is 533 g/mol. The maximum atomic E-state index is 13.0. The number of anilines is 1. The summed E-state index contributed by atoms with van der Waals surface area (Å²) >= 11 is 2.58. The number of aromatic nitrogens is 6. The van der Waals surface area contributed by atoms with Crippen molar-refractivity contribution in [2.75, 3.05) is 24.3 Å². The lowest BCUT2D eigenvalue weighted by Crippen LogP contribution is -2.71. The maximum absolute atomic E-state index is 13.0. The summed E-state index contributed by atoms with van der Waals surface area (Å²) in [6, 6.07) is 0.460. The van der Waals surface area contributed by atoms with Gasteiger partial charge in [-0.15, -0.1) is 23.4 Å². The number of fused-ring (bicyclic) bond motifs is 1. The molecule has 2 amide bonds. The number of nitrogens with zero attached hydrogens (tertiary/aromatic N) is 8. The number of allylic oxidation sites excluding steroid dienone is 1. The second kappa shape index (κ2) is 10.7. The van der Waals surface area contributed by atoms with E-state index in [0.29, 0.717) is 23.0 Å². The van der Waals surface area contributed by atoms with Gasteiger partial charge in [0.05, 0.1) is 6.54 Å². The van der Waals surface area contributed by atoms with Crippen LogP contribution in [0.2, 0.25) is 0 Å². The highest BCUT2D eigenvalue weighted by Gasteiger charge is 2.54. The molecule has 2 atom stereocenters. The number of tetrazole rings is 1. The second-order valence-corrected chi connectivity index (χ2v) is 9.31. The Kier molecular flexibility index (Phi) is 7.49. The molecule has 2 aromatic heterocycles. The Morgan fingerprint density at radius 3 is 3.00 bits per heavy atom. The van der Waals surface area contributed by atoms with Gasteiger partial charge in [-0.1, -0.05) is 23.0 Å². The highest BCUT2D eigenvalue weighted by atomic mass is 32.2. The molecule has 0 saturated carbocycles. The molecule has 17 heteroatoms. The van der Waals surface area contributed by atoms with Crippen LogP contribution in [-0.2, 0) is 25.8 Å². The van der Waals surface area contributed by atoms with Gasteiger partial charge in [-0.2, -0.15) is 0 Å². The monoisotopic (exact) mass is 532 g/mol. The smallest absolute Gasteiger partial charge is 0.352 e. The van der Waals surface area contributed by atoms with E-state index in [1.807, 2.05) is 0 Å². The molecule has 2 aromatic rings. The zero-order valence-electron chi connectivity index (χ0n) is 18.8. The Balaban J connectivity index is 1.49. The summed E-state index contributed by atoms with van der Waals surface area (Å²) < 4.78 is 1.53. The van der Waals surface area contributed by atoms with Gasteiger partial charge < -0.3 is 21.0 Å². The molecule has 0 radical (unpaired) electrons. The van der Waals surface area contributed by atoms with E-state index >= 15 is 0 Å². The molecule has 0 aromatic carbocycles. The van der Waals surface area contributed by atoms with E-state index in [9.17, 15) is 19.5 Å². The Morgan fingerprint density at radius 1 is 1.50 bits per heavy atom. The number of carbonyl (C=O) groups is 3. The second-order valence-electron chi connectivity index (χ2n) is 7.27. The van der Waals surface area contributed by atoms with E-state index in [1.165, 1.54) is 52.5 Å². The Morgan fingerprint density at radius 2 is 2.31 bits per heavy atom. The lowest BCUT2D eigenvalue weighted by molar-refractivity contribution is -0.150. The molecule has 4 rings (SSSR count). The van der Waals surface area contributed by atoms with Gasteiger partial charge >= 0.3 is 5.97 Å². The molecule has 4 heterocycles. The minimum absolute atomic E-state index is 0.0847. The molecule has 188 valence electrons. The van der Waals surface area contributed by atoms with Gasteiger partial charge in [0.2, 0.25) is 10.9 Å².